The second-order valence-electron chi connectivity index (χ2n) is 4.88. The van der Waals surface area contributed by atoms with Gasteiger partial charge in [0, 0.05) is 12.0 Å². The minimum absolute atomic E-state index is 0.0363. The van der Waals surface area contributed by atoms with Crippen molar-refractivity contribution in [3.05, 3.63) is 35.4 Å². The number of fused-ring (bicyclic) bond motifs is 1. The number of carbonyl (C=O) groups excluding carboxylic acids is 1. The van der Waals surface area contributed by atoms with E-state index in [0.29, 0.717) is 0 Å². The van der Waals surface area contributed by atoms with Gasteiger partial charge in [-0.3, -0.25) is 9.59 Å². The average Bonchev–Trinajstić information content (AvgIpc) is 2.71. The molecular weight excluding hydrogens is 230 g/mol. The first kappa shape index (κ1) is 12.6. The summed E-state index contributed by atoms with van der Waals surface area (Å²) in [6, 6.07) is 7.73. The van der Waals surface area contributed by atoms with Gasteiger partial charge in [-0.25, -0.2) is 0 Å². The van der Waals surface area contributed by atoms with Gasteiger partial charge in [-0.15, -0.1) is 0 Å². The Kier molecular flexibility index (Phi) is 3.65. The van der Waals surface area contributed by atoms with E-state index in [1.165, 1.54) is 11.1 Å². The topological polar surface area (TPSA) is 66.4 Å². The lowest BCUT2D eigenvalue weighted by Crippen LogP contribution is -2.38. The summed E-state index contributed by atoms with van der Waals surface area (Å²) in [6.45, 7) is 1.72. The molecule has 2 N–H and O–H groups in total. The lowest BCUT2D eigenvalue weighted by atomic mass is 10.0. The van der Waals surface area contributed by atoms with Gasteiger partial charge in [0.15, 0.2) is 0 Å². The molecule has 4 heteroatoms. The first-order valence-electron chi connectivity index (χ1n) is 6.15. The van der Waals surface area contributed by atoms with Crippen molar-refractivity contribution in [3.8, 4) is 0 Å². The van der Waals surface area contributed by atoms with Gasteiger partial charge >= 0.3 is 5.97 Å². The molecule has 1 atom stereocenters. The van der Waals surface area contributed by atoms with Gasteiger partial charge < -0.3 is 10.4 Å². The van der Waals surface area contributed by atoms with Gasteiger partial charge in [0.05, 0.1) is 6.42 Å². The first-order chi connectivity index (χ1) is 8.56. The number of nitrogens with one attached hydrogen (secondary N) is 1. The van der Waals surface area contributed by atoms with Gasteiger partial charge in [0.1, 0.15) is 0 Å². The zero-order valence-corrected chi connectivity index (χ0v) is 10.3. The Balaban J connectivity index is 1.91. The summed E-state index contributed by atoms with van der Waals surface area (Å²) in [5.41, 5.74) is 2.45. The van der Waals surface area contributed by atoms with Crippen LogP contribution in [0.1, 0.15) is 24.5 Å². The summed E-state index contributed by atoms with van der Waals surface area (Å²) in [5, 5.41) is 11.4. The standard InChI is InChI=1S/C14H17NO3/c1-9(6-13(16)17)15-14(18)12-7-10-4-2-3-5-11(10)8-12/h2-5,9,12H,6-8H2,1H3,(H,15,18)(H,16,17)/t9-/m1/s1. The molecule has 96 valence electrons. The SMILES string of the molecule is C[C@H](CC(=O)O)NC(=O)C1Cc2ccccc2C1. The van der Waals surface area contributed by atoms with Gasteiger partial charge in [-0.2, -0.15) is 0 Å². The van der Waals surface area contributed by atoms with Crippen molar-refractivity contribution in [2.75, 3.05) is 0 Å². The highest BCUT2D eigenvalue weighted by Gasteiger charge is 2.27. The number of amides is 1. The van der Waals surface area contributed by atoms with E-state index >= 15 is 0 Å². The highest BCUT2D eigenvalue weighted by Crippen LogP contribution is 2.26. The highest BCUT2D eigenvalue weighted by atomic mass is 16.4. The van der Waals surface area contributed by atoms with E-state index in [1.807, 2.05) is 24.3 Å². The molecule has 1 aromatic carbocycles. The third-order valence-electron chi connectivity index (χ3n) is 3.29. The van der Waals surface area contributed by atoms with Crippen molar-refractivity contribution in [2.24, 2.45) is 5.92 Å². The molecule has 0 bridgehead atoms. The molecule has 0 aliphatic heterocycles. The Morgan fingerprint density at radius 1 is 1.33 bits per heavy atom. The van der Waals surface area contributed by atoms with Crippen LogP contribution in [0.2, 0.25) is 0 Å². The zero-order valence-electron chi connectivity index (χ0n) is 10.3. The van der Waals surface area contributed by atoms with Crippen molar-refractivity contribution in [1.82, 2.24) is 5.32 Å². The van der Waals surface area contributed by atoms with E-state index in [1.54, 1.807) is 6.92 Å². The number of benzene rings is 1. The van der Waals surface area contributed by atoms with Crippen LogP contribution in [0.4, 0.5) is 0 Å². The van der Waals surface area contributed by atoms with Crippen molar-refractivity contribution in [3.63, 3.8) is 0 Å². The van der Waals surface area contributed by atoms with Gasteiger partial charge in [0.2, 0.25) is 5.91 Å². The summed E-state index contributed by atoms with van der Waals surface area (Å²) in [7, 11) is 0. The zero-order chi connectivity index (χ0) is 13.1. The van der Waals surface area contributed by atoms with Crippen LogP contribution >= 0.6 is 0 Å². The molecule has 0 saturated carbocycles. The molecule has 0 radical (unpaired) electrons. The van der Waals surface area contributed by atoms with Crippen LogP contribution in [0.3, 0.4) is 0 Å². The number of aliphatic carboxylic acids is 1. The van der Waals surface area contributed by atoms with Gasteiger partial charge in [-0.1, -0.05) is 24.3 Å². The van der Waals surface area contributed by atoms with E-state index in [4.69, 9.17) is 5.11 Å². The van der Waals surface area contributed by atoms with Crippen molar-refractivity contribution < 1.29 is 14.7 Å². The summed E-state index contributed by atoms with van der Waals surface area (Å²) in [5.74, 6) is -0.990. The third-order valence-corrected chi connectivity index (χ3v) is 3.29. The van der Waals surface area contributed by atoms with E-state index in [-0.39, 0.29) is 24.3 Å². The second-order valence-corrected chi connectivity index (χ2v) is 4.88. The van der Waals surface area contributed by atoms with Crippen molar-refractivity contribution in [2.45, 2.75) is 32.2 Å². The summed E-state index contributed by atoms with van der Waals surface area (Å²) < 4.78 is 0. The fourth-order valence-electron chi connectivity index (χ4n) is 2.42. The Morgan fingerprint density at radius 3 is 2.39 bits per heavy atom. The molecule has 1 amide bonds. The molecule has 0 unspecified atom stereocenters. The van der Waals surface area contributed by atoms with Crippen LogP contribution in [0.5, 0.6) is 0 Å². The molecule has 2 rings (SSSR count). The Labute approximate surface area is 106 Å². The first-order valence-corrected chi connectivity index (χ1v) is 6.15. The number of hydrogen-bond acceptors (Lipinski definition) is 2. The predicted octanol–water partition coefficient (Wildman–Crippen LogP) is 1.38. The number of hydrogen-bond donors (Lipinski definition) is 2. The molecule has 4 nitrogen and oxygen atoms in total. The molecule has 0 heterocycles. The van der Waals surface area contributed by atoms with Gasteiger partial charge in [0.25, 0.3) is 0 Å². The average molecular weight is 247 g/mol. The largest absolute Gasteiger partial charge is 0.481 e. The normalized spacial score (nSPS) is 16.1. The molecule has 0 saturated heterocycles. The molecule has 1 aromatic rings. The minimum atomic E-state index is -0.891. The van der Waals surface area contributed by atoms with E-state index in [2.05, 4.69) is 5.32 Å². The monoisotopic (exact) mass is 247 g/mol. The fraction of sp³-hybridized carbons (Fsp3) is 0.429. The van der Waals surface area contributed by atoms with E-state index in [9.17, 15) is 9.59 Å². The minimum Gasteiger partial charge on any atom is -0.481 e. The van der Waals surface area contributed by atoms with Crippen LogP contribution in [-0.4, -0.2) is 23.0 Å². The third kappa shape index (κ3) is 2.88. The lowest BCUT2D eigenvalue weighted by molar-refractivity contribution is -0.137. The molecule has 1 aliphatic carbocycles. The second kappa shape index (κ2) is 5.21. The summed E-state index contributed by atoms with van der Waals surface area (Å²) >= 11 is 0. The number of rotatable bonds is 4. The van der Waals surface area contributed by atoms with E-state index < -0.39 is 5.97 Å². The maximum Gasteiger partial charge on any atom is 0.305 e. The maximum absolute atomic E-state index is 12.0. The molecule has 0 aromatic heterocycles. The molecule has 0 spiro atoms. The number of carboxylic acids is 1. The van der Waals surface area contributed by atoms with Crippen LogP contribution in [0, 0.1) is 5.92 Å². The van der Waals surface area contributed by atoms with Gasteiger partial charge in [-0.05, 0) is 30.9 Å². The quantitative estimate of drug-likeness (QED) is 0.844. The smallest absolute Gasteiger partial charge is 0.305 e. The number of carboxylic acid groups (broad SMARTS) is 1. The predicted molar refractivity (Wildman–Crippen MR) is 67.2 cm³/mol. The van der Waals surface area contributed by atoms with Crippen LogP contribution < -0.4 is 5.32 Å². The summed E-state index contributed by atoms with van der Waals surface area (Å²) in [4.78, 5) is 22.5. The highest BCUT2D eigenvalue weighted by molar-refractivity contribution is 5.81. The maximum atomic E-state index is 12.0. The molecule has 1 aliphatic rings. The van der Waals surface area contributed by atoms with Crippen LogP contribution in [0.25, 0.3) is 0 Å². The lowest BCUT2D eigenvalue weighted by Gasteiger charge is -2.15. The Hall–Kier alpha value is -1.84. The fourth-order valence-corrected chi connectivity index (χ4v) is 2.42. The van der Waals surface area contributed by atoms with Crippen molar-refractivity contribution in [1.29, 1.82) is 0 Å². The van der Waals surface area contributed by atoms with Crippen LogP contribution in [-0.2, 0) is 22.4 Å². The molecular formula is C14H17NO3. The Morgan fingerprint density at radius 2 is 1.89 bits per heavy atom. The Bertz CT molecular complexity index is 445. The molecule has 0 fully saturated rings. The molecule has 18 heavy (non-hydrogen) atoms. The van der Waals surface area contributed by atoms with Crippen molar-refractivity contribution >= 4 is 11.9 Å². The van der Waals surface area contributed by atoms with Crippen LogP contribution in [0.15, 0.2) is 24.3 Å². The van der Waals surface area contributed by atoms with E-state index in [0.717, 1.165) is 12.8 Å². The summed E-state index contributed by atoms with van der Waals surface area (Å²) in [6.07, 6.45) is 1.47. The number of carbonyl (C=O) groups is 2.